The van der Waals surface area contributed by atoms with Gasteiger partial charge >= 0.3 is 12.2 Å². The number of carbonyl (C=O) groups is 2. The van der Waals surface area contributed by atoms with Gasteiger partial charge in [-0.15, -0.1) is 5.06 Å². The van der Waals surface area contributed by atoms with Crippen LogP contribution in [-0.4, -0.2) is 24.3 Å². The van der Waals surface area contributed by atoms with E-state index in [1.807, 2.05) is 0 Å². The second-order valence-electron chi connectivity index (χ2n) is 2.54. The normalized spacial score (nSPS) is 9.13. The van der Waals surface area contributed by atoms with E-state index in [9.17, 15) is 9.59 Å². The summed E-state index contributed by atoms with van der Waals surface area (Å²) in [5, 5.41) is 11.4. The first-order valence-electron chi connectivity index (χ1n) is 4.13. The van der Waals surface area contributed by atoms with Gasteiger partial charge in [-0.1, -0.05) is 18.2 Å². The summed E-state index contributed by atoms with van der Waals surface area (Å²) >= 11 is 0. The molecule has 0 fully saturated rings. The number of hydroxylamine groups is 1. The standard InChI is InChI=1S/C9H10N2O4/c1-10-8(12)15-11(9(13)14)7-5-3-2-4-6-7/h2-6H,1H3,(H,10,12)(H,13,14). The Morgan fingerprint density at radius 3 is 2.40 bits per heavy atom. The predicted molar refractivity (Wildman–Crippen MR) is 52.5 cm³/mol. The molecule has 0 saturated heterocycles. The molecular formula is C9H10N2O4. The van der Waals surface area contributed by atoms with Crippen molar-refractivity contribution in [2.75, 3.05) is 12.1 Å². The van der Waals surface area contributed by atoms with E-state index in [0.29, 0.717) is 5.06 Å². The lowest BCUT2D eigenvalue weighted by atomic mass is 10.3. The van der Waals surface area contributed by atoms with E-state index in [-0.39, 0.29) is 5.69 Å². The molecule has 1 aromatic carbocycles. The number of hydrogen-bond donors (Lipinski definition) is 2. The Hall–Kier alpha value is -2.24. The number of amides is 2. The van der Waals surface area contributed by atoms with E-state index in [2.05, 4.69) is 10.2 Å². The van der Waals surface area contributed by atoms with Gasteiger partial charge < -0.3 is 15.3 Å². The minimum Gasteiger partial charge on any atom is -0.463 e. The summed E-state index contributed by atoms with van der Waals surface area (Å²) in [6, 6.07) is 8.02. The van der Waals surface area contributed by atoms with Crippen LogP contribution in [0.5, 0.6) is 0 Å². The number of para-hydroxylation sites is 1. The van der Waals surface area contributed by atoms with Crippen LogP contribution in [0.15, 0.2) is 30.3 Å². The van der Waals surface area contributed by atoms with Gasteiger partial charge in [0.1, 0.15) is 0 Å². The van der Waals surface area contributed by atoms with Crippen molar-refractivity contribution in [2.45, 2.75) is 0 Å². The maximum Gasteiger partial charge on any atom is 0.445 e. The summed E-state index contributed by atoms with van der Waals surface area (Å²) in [5.74, 6) is 0. The van der Waals surface area contributed by atoms with Crippen LogP contribution in [0.2, 0.25) is 0 Å². The first-order chi connectivity index (χ1) is 7.15. The Morgan fingerprint density at radius 1 is 1.33 bits per heavy atom. The van der Waals surface area contributed by atoms with Crippen molar-refractivity contribution in [1.82, 2.24) is 5.32 Å². The van der Waals surface area contributed by atoms with Crippen LogP contribution >= 0.6 is 0 Å². The van der Waals surface area contributed by atoms with Crippen molar-refractivity contribution < 1.29 is 19.5 Å². The van der Waals surface area contributed by atoms with Crippen LogP contribution in [0.3, 0.4) is 0 Å². The van der Waals surface area contributed by atoms with Gasteiger partial charge in [0.05, 0.1) is 5.69 Å². The predicted octanol–water partition coefficient (Wildman–Crippen LogP) is 1.44. The molecule has 0 spiro atoms. The van der Waals surface area contributed by atoms with Crippen LogP contribution < -0.4 is 10.4 Å². The third kappa shape index (κ3) is 2.87. The minimum absolute atomic E-state index is 0.258. The van der Waals surface area contributed by atoms with Crippen LogP contribution in [0.1, 0.15) is 0 Å². The molecule has 2 N–H and O–H groups in total. The molecule has 0 bridgehead atoms. The molecule has 0 aliphatic carbocycles. The summed E-state index contributed by atoms with van der Waals surface area (Å²) in [7, 11) is 1.34. The number of benzene rings is 1. The average Bonchev–Trinajstić information content (AvgIpc) is 2.26. The SMILES string of the molecule is CNC(=O)ON(C(=O)O)c1ccccc1. The molecule has 0 heterocycles. The number of carbonyl (C=O) groups excluding carboxylic acids is 1. The molecule has 1 rings (SSSR count). The molecule has 0 aromatic heterocycles. The van der Waals surface area contributed by atoms with Crippen molar-refractivity contribution in [2.24, 2.45) is 0 Å². The van der Waals surface area contributed by atoms with Gasteiger partial charge in [-0.05, 0) is 12.1 Å². The van der Waals surface area contributed by atoms with Crippen LogP contribution in [0.25, 0.3) is 0 Å². The fraction of sp³-hybridized carbons (Fsp3) is 0.111. The largest absolute Gasteiger partial charge is 0.463 e. The van der Waals surface area contributed by atoms with Crippen LogP contribution in [0.4, 0.5) is 15.3 Å². The van der Waals surface area contributed by atoms with Crippen molar-refractivity contribution in [3.63, 3.8) is 0 Å². The number of rotatable bonds is 1. The maximum absolute atomic E-state index is 10.9. The number of nitrogens with zero attached hydrogens (tertiary/aromatic N) is 1. The van der Waals surface area contributed by atoms with Crippen molar-refractivity contribution in [3.05, 3.63) is 30.3 Å². The van der Waals surface area contributed by atoms with Gasteiger partial charge in [0.15, 0.2) is 0 Å². The molecule has 6 heteroatoms. The highest BCUT2D eigenvalue weighted by atomic mass is 16.7. The molecule has 0 unspecified atom stereocenters. The van der Waals surface area contributed by atoms with E-state index < -0.39 is 12.2 Å². The fourth-order valence-electron chi connectivity index (χ4n) is 0.894. The van der Waals surface area contributed by atoms with E-state index >= 15 is 0 Å². The molecule has 1 aromatic rings. The summed E-state index contributed by atoms with van der Waals surface area (Å²) < 4.78 is 0. The molecule has 15 heavy (non-hydrogen) atoms. The number of anilines is 1. The third-order valence-corrected chi connectivity index (χ3v) is 1.54. The Kier molecular flexibility index (Phi) is 3.50. The van der Waals surface area contributed by atoms with E-state index in [4.69, 9.17) is 5.11 Å². The molecule has 6 nitrogen and oxygen atoms in total. The second kappa shape index (κ2) is 4.85. The monoisotopic (exact) mass is 210 g/mol. The topological polar surface area (TPSA) is 78.9 Å². The van der Waals surface area contributed by atoms with Gasteiger partial charge in [-0.2, -0.15) is 0 Å². The molecule has 0 radical (unpaired) electrons. The first-order valence-corrected chi connectivity index (χ1v) is 4.13. The minimum atomic E-state index is -1.37. The fourth-order valence-corrected chi connectivity index (χ4v) is 0.894. The van der Waals surface area contributed by atoms with Crippen LogP contribution in [-0.2, 0) is 4.84 Å². The van der Waals surface area contributed by atoms with Crippen LogP contribution in [0, 0.1) is 0 Å². The molecule has 0 aliphatic rings. The van der Waals surface area contributed by atoms with Crippen molar-refractivity contribution >= 4 is 17.9 Å². The first kappa shape index (κ1) is 10.8. The van der Waals surface area contributed by atoms with E-state index in [1.165, 1.54) is 19.2 Å². The van der Waals surface area contributed by atoms with E-state index in [0.717, 1.165) is 0 Å². The Morgan fingerprint density at radius 2 is 1.93 bits per heavy atom. The van der Waals surface area contributed by atoms with Gasteiger partial charge in [-0.25, -0.2) is 9.59 Å². The lowest BCUT2D eigenvalue weighted by molar-refractivity contribution is 0.119. The smallest absolute Gasteiger partial charge is 0.445 e. The van der Waals surface area contributed by atoms with Crippen molar-refractivity contribution in [1.29, 1.82) is 0 Å². The van der Waals surface area contributed by atoms with Crippen molar-refractivity contribution in [3.8, 4) is 0 Å². The molecule has 0 saturated carbocycles. The van der Waals surface area contributed by atoms with Gasteiger partial charge in [0.25, 0.3) is 0 Å². The molecule has 80 valence electrons. The molecular weight excluding hydrogens is 200 g/mol. The Labute approximate surface area is 86.0 Å². The number of hydrogen-bond acceptors (Lipinski definition) is 3. The average molecular weight is 210 g/mol. The van der Waals surface area contributed by atoms with Gasteiger partial charge in [0, 0.05) is 7.05 Å². The molecule has 0 atom stereocenters. The molecule has 2 amide bonds. The highest BCUT2D eigenvalue weighted by Gasteiger charge is 2.18. The quantitative estimate of drug-likeness (QED) is 0.687. The Balaban J connectivity index is 2.84. The lowest BCUT2D eigenvalue weighted by Crippen LogP contribution is -2.35. The Bertz CT molecular complexity index is 352. The zero-order valence-corrected chi connectivity index (χ0v) is 8.01. The van der Waals surface area contributed by atoms with Gasteiger partial charge in [-0.3, -0.25) is 0 Å². The summed E-state index contributed by atoms with van der Waals surface area (Å²) in [4.78, 5) is 26.2. The highest BCUT2D eigenvalue weighted by Crippen LogP contribution is 2.13. The number of carboxylic acid groups (broad SMARTS) is 1. The third-order valence-electron chi connectivity index (χ3n) is 1.54. The second-order valence-corrected chi connectivity index (χ2v) is 2.54. The summed E-state index contributed by atoms with van der Waals surface area (Å²) in [5.41, 5.74) is 0.258. The highest BCUT2D eigenvalue weighted by molar-refractivity contribution is 5.86. The number of nitrogens with one attached hydrogen (secondary N) is 1. The summed E-state index contributed by atoms with van der Waals surface area (Å²) in [6.07, 6.45) is -2.22. The van der Waals surface area contributed by atoms with Gasteiger partial charge in [0.2, 0.25) is 0 Å². The zero-order chi connectivity index (χ0) is 11.3. The zero-order valence-electron chi connectivity index (χ0n) is 8.01. The lowest BCUT2D eigenvalue weighted by Gasteiger charge is -2.16. The molecule has 0 aliphatic heterocycles. The summed E-state index contributed by atoms with van der Waals surface area (Å²) in [6.45, 7) is 0. The van der Waals surface area contributed by atoms with E-state index in [1.54, 1.807) is 18.2 Å². The maximum atomic E-state index is 10.9.